The first kappa shape index (κ1) is 10.5. The van der Waals surface area contributed by atoms with E-state index >= 15 is 0 Å². The van der Waals surface area contributed by atoms with Gasteiger partial charge in [0.15, 0.2) is 0 Å². The maximum Gasteiger partial charge on any atom is 0.0420 e. The molecule has 0 bridgehead atoms. The summed E-state index contributed by atoms with van der Waals surface area (Å²) in [4.78, 5) is 0. The highest BCUT2D eigenvalue weighted by molar-refractivity contribution is 5.80. The molecule has 74 valence electrons. The molecule has 0 aromatic heterocycles. The number of hydrogen-bond donors (Lipinski definition) is 2. The van der Waals surface area contributed by atoms with E-state index in [0.717, 1.165) is 23.4 Å². The Balaban J connectivity index is 2.90. The molecular formula is C12H16N2. The maximum atomic E-state index is 5.43. The first-order valence-corrected chi connectivity index (χ1v) is 4.64. The van der Waals surface area contributed by atoms with Crippen molar-refractivity contribution in [1.29, 1.82) is 0 Å². The number of benzene rings is 1. The topological polar surface area (TPSA) is 38.0 Å². The smallest absolute Gasteiger partial charge is 0.0420 e. The van der Waals surface area contributed by atoms with Crippen molar-refractivity contribution < 1.29 is 0 Å². The molecule has 0 aliphatic carbocycles. The number of rotatable bonds is 5. The SMILES string of the molecule is C=CC(=C)c1ccccc1NCCN. The number of nitrogens with one attached hydrogen (secondary N) is 1. The van der Waals surface area contributed by atoms with Crippen molar-refractivity contribution >= 4 is 11.3 Å². The van der Waals surface area contributed by atoms with E-state index in [2.05, 4.69) is 18.5 Å². The van der Waals surface area contributed by atoms with Gasteiger partial charge >= 0.3 is 0 Å². The van der Waals surface area contributed by atoms with Gasteiger partial charge in [0.05, 0.1) is 0 Å². The summed E-state index contributed by atoms with van der Waals surface area (Å²) in [6.07, 6.45) is 1.75. The van der Waals surface area contributed by atoms with Crippen LogP contribution >= 0.6 is 0 Å². The lowest BCUT2D eigenvalue weighted by molar-refractivity contribution is 1.02. The van der Waals surface area contributed by atoms with Gasteiger partial charge in [-0.2, -0.15) is 0 Å². The van der Waals surface area contributed by atoms with Gasteiger partial charge in [-0.1, -0.05) is 37.4 Å². The van der Waals surface area contributed by atoms with Crippen LogP contribution in [0.3, 0.4) is 0 Å². The monoisotopic (exact) mass is 188 g/mol. The van der Waals surface area contributed by atoms with Gasteiger partial charge in [-0.3, -0.25) is 0 Å². The van der Waals surface area contributed by atoms with Crippen molar-refractivity contribution in [3.8, 4) is 0 Å². The third-order valence-electron chi connectivity index (χ3n) is 1.98. The van der Waals surface area contributed by atoms with Gasteiger partial charge in [0, 0.05) is 24.3 Å². The van der Waals surface area contributed by atoms with Crippen molar-refractivity contribution in [3.63, 3.8) is 0 Å². The molecule has 0 radical (unpaired) electrons. The number of nitrogens with two attached hydrogens (primary N) is 1. The minimum absolute atomic E-state index is 0.620. The van der Waals surface area contributed by atoms with Gasteiger partial charge in [0.2, 0.25) is 0 Å². The van der Waals surface area contributed by atoms with Crippen molar-refractivity contribution in [2.45, 2.75) is 0 Å². The molecule has 0 spiro atoms. The molecule has 1 aromatic carbocycles. The summed E-state index contributed by atoms with van der Waals surface area (Å²) in [7, 11) is 0. The van der Waals surface area contributed by atoms with Crippen LogP contribution < -0.4 is 11.1 Å². The highest BCUT2D eigenvalue weighted by atomic mass is 14.9. The van der Waals surface area contributed by atoms with Gasteiger partial charge in [-0.05, 0) is 11.6 Å². The van der Waals surface area contributed by atoms with Gasteiger partial charge in [-0.25, -0.2) is 0 Å². The minimum Gasteiger partial charge on any atom is -0.383 e. The molecule has 0 amide bonds. The fraction of sp³-hybridized carbons (Fsp3) is 0.167. The molecule has 0 heterocycles. The normalized spacial score (nSPS) is 9.50. The van der Waals surface area contributed by atoms with Gasteiger partial charge in [0.1, 0.15) is 0 Å². The second-order valence-electron chi connectivity index (χ2n) is 2.99. The lowest BCUT2D eigenvalue weighted by atomic mass is 10.1. The Morgan fingerprint density at radius 2 is 2.14 bits per heavy atom. The molecule has 0 aliphatic heterocycles. The van der Waals surface area contributed by atoms with Crippen molar-refractivity contribution in [3.05, 3.63) is 49.1 Å². The Labute approximate surface area is 85.1 Å². The molecule has 1 aromatic rings. The maximum absolute atomic E-state index is 5.43. The van der Waals surface area contributed by atoms with Crippen LogP contribution in [0, 0.1) is 0 Å². The van der Waals surface area contributed by atoms with Gasteiger partial charge in [-0.15, -0.1) is 0 Å². The molecule has 3 N–H and O–H groups in total. The average Bonchev–Trinajstić information content (AvgIpc) is 2.25. The zero-order valence-corrected chi connectivity index (χ0v) is 8.29. The molecule has 14 heavy (non-hydrogen) atoms. The molecule has 2 heteroatoms. The summed E-state index contributed by atoms with van der Waals surface area (Å²) >= 11 is 0. The highest BCUT2D eigenvalue weighted by Gasteiger charge is 2.01. The molecule has 0 fully saturated rings. The summed E-state index contributed by atoms with van der Waals surface area (Å²) in [5, 5.41) is 3.24. The minimum atomic E-state index is 0.620. The molecule has 0 saturated carbocycles. The van der Waals surface area contributed by atoms with Crippen molar-refractivity contribution in [2.75, 3.05) is 18.4 Å². The third kappa shape index (κ3) is 2.47. The van der Waals surface area contributed by atoms with E-state index in [0.29, 0.717) is 6.54 Å². The number of allylic oxidation sites excluding steroid dienone is 2. The second-order valence-corrected chi connectivity index (χ2v) is 2.99. The standard InChI is InChI=1S/C12H16N2/c1-3-10(2)11-6-4-5-7-12(11)14-9-8-13/h3-7,14H,1-2,8-9,13H2. The lowest BCUT2D eigenvalue weighted by Gasteiger charge is -2.10. The summed E-state index contributed by atoms with van der Waals surface area (Å²) in [6.45, 7) is 9.01. The van der Waals surface area contributed by atoms with E-state index in [-0.39, 0.29) is 0 Å². The molecule has 0 atom stereocenters. The van der Waals surface area contributed by atoms with E-state index in [4.69, 9.17) is 5.73 Å². The zero-order chi connectivity index (χ0) is 10.4. The van der Waals surface area contributed by atoms with E-state index < -0.39 is 0 Å². The van der Waals surface area contributed by atoms with Crippen LogP contribution in [0.4, 0.5) is 5.69 Å². The van der Waals surface area contributed by atoms with E-state index in [9.17, 15) is 0 Å². The fourth-order valence-corrected chi connectivity index (χ4v) is 1.23. The fourth-order valence-electron chi connectivity index (χ4n) is 1.23. The van der Waals surface area contributed by atoms with Crippen LogP contribution in [0.2, 0.25) is 0 Å². The molecule has 0 saturated heterocycles. The predicted octanol–water partition coefficient (Wildman–Crippen LogP) is 2.26. The summed E-state index contributed by atoms with van der Waals surface area (Å²) in [5.74, 6) is 0. The first-order chi connectivity index (χ1) is 6.79. The number of anilines is 1. The zero-order valence-electron chi connectivity index (χ0n) is 8.29. The van der Waals surface area contributed by atoms with Crippen LogP contribution in [0.15, 0.2) is 43.5 Å². The Morgan fingerprint density at radius 3 is 2.79 bits per heavy atom. The first-order valence-electron chi connectivity index (χ1n) is 4.64. The Kier molecular flexibility index (Phi) is 3.95. The van der Waals surface area contributed by atoms with Crippen LogP contribution in [-0.4, -0.2) is 13.1 Å². The van der Waals surface area contributed by atoms with Crippen molar-refractivity contribution in [1.82, 2.24) is 0 Å². The molecular weight excluding hydrogens is 172 g/mol. The average molecular weight is 188 g/mol. The number of para-hydroxylation sites is 1. The van der Waals surface area contributed by atoms with E-state index in [1.807, 2.05) is 24.3 Å². The highest BCUT2D eigenvalue weighted by Crippen LogP contribution is 2.22. The largest absolute Gasteiger partial charge is 0.383 e. The molecule has 1 rings (SSSR count). The summed E-state index contributed by atoms with van der Waals surface area (Å²) < 4.78 is 0. The predicted molar refractivity (Wildman–Crippen MR) is 63.2 cm³/mol. The van der Waals surface area contributed by atoms with Crippen LogP contribution in [-0.2, 0) is 0 Å². The summed E-state index contributed by atoms with van der Waals surface area (Å²) in [5.41, 5.74) is 8.49. The van der Waals surface area contributed by atoms with E-state index in [1.54, 1.807) is 6.08 Å². The van der Waals surface area contributed by atoms with Crippen LogP contribution in [0.1, 0.15) is 5.56 Å². The lowest BCUT2D eigenvalue weighted by Crippen LogP contribution is -2.13. The van der Waals surface area contributed by atoms with Crippen LogP contribution in [0.5, 0.6) is 0 Å². The summed E-state index contributed by atoms with van der Waals surface area (Å²) in [6, 6.07) is 8.00. The van der Waals surface area contributed by atoms with E-state index in [1.165, 1.54) is 0 Å². The third-order valence-corrected chi connectivity index (χ3v) is 1.98. The Morgan fingerprint density at radius 1 is 1.43 bits per heavy atom. The van der Waals surface area contributed by atoms with Gasteiger partial charge in [0.25, 0.3) is 0 Å². The van der Waals surface area contributed by atoms with Crippen molar-refractivity contribution in [2.24, 2.45) is 5.73 Å². The molecule has 0 unspecified atom stereocenters. The van der Waals surface area contributed by atoms with Gasteiger partial charge < -0.3 is 11.1 Å². The Hall–Kier alpha value is -1.54. The van der Waals surface area contributed by atoms with Crippen LogP contribution in [0.25, 0.3) is 5.57 Å². The molecule has 0 aliphatic rings. The Bertz CT molecular complexity index is 329. The quantitative estimate of drug-likeness (QED) is 0.695. The molecule has 2 nitrogen and oxygen atoms in total. The second kappa shape index (κ2) is 5.25. The number of hydrogen-bond acceptors (Lipinski definition) is 2.